The van der Waals surface area contributed by atoms with Crippen molar-refractivity contribution in [3.8, 4) is 0 Å². The average molecular weight is 405 g/mol. The molecule has 29 heavy (non-hydrogen) atoms. The van der Waals surface area contributed by atoms with E-state index in [9.17, 15) is 14.4 Å². The summed E-state index contributed by atoms with van der Waals surface area (Å²) in [6.07, 6.45) is 8.36. The van der Waals surface area contributed by atoms with Gasteiger partial charge in [0.1, 0.15) is 5.54 Å². The van der Waals surface area contributed by atoms with Crippen LogP contribution in [0.3, 0.4) is 0 Å². The van der Waals surface area contributed by atoms with Crippen LogP contribution in [0.1, 0.15) is 71.6 Å². The number of hydrogen-bond acceptors (Lipinski definition) is 4. The number of likely N-dealkylation sites (tertiary alicyclic amines) is 2. The topological polar surface area (TPSA) is 73.0 Å². The van der Waals surface area contributed by atoms with Crippen molar-refractivity contribution in [3.63, 3.8) is 0 Å². The number of urea groups is 1. The van der Waals surface area contributed by atoms with E-state index < -0.39 is 5.54 Å². The van der Waals surface area contributed by atoms with Crippen molar-refractivity contribution in [2.45, 2.75) is 89.3 Å². The smallest absolute Gasteiger partial charge is 0.325 e. The van der Waals surface area contributed by atoms with Gasteiger partial charge in [-0.2, -0.15) is 0 Å². The highest BCUT2D eigenvalue weighted by molar-refractivity contribution is 6.07. The molecule has 7 heteroatoms. The zero-order valence-corrected chi connectivity index (χ0v) is 18.0. The number of nitrogens with one attached hydrogen (secondary N) is 1. The molecule has 3 aliphatic heterocycles. The maximum Gasteiger partial charge on any atom is 0.325 e. The summed E-state index contributed by atoms with van der Waals surface area (Å²) in [5, 5.41) is 3.04. The maximum absolute atomic E-state index is 13.3. The van der Waals surface area contributed by atoms with Gasteiger partial charge in [0.2, 0.25) is 5.91 Å². The van der Waals surface area contributed by atoms with Crippen LogP contribution >= 0.6 is 0 Å². The van der Waals surface area contributed by atoms with Gasteiger partial charge >= 0.3 is 6.03 Å². The Hall–Kier alpha value is -1.63. The second-order valence-corrected chi connectivity index (χ2v) is 9.71. The van der Waals surface area contributed by atoms with Crippen molar-refractivity contribution in [3.05, 3.63) is 0 Å². The summed E-state index contributed by atoms with van der Waals surface area (Å²) in [4.78, 5) is 44.6. The van der Waals surface area contributed by atoms with E-state index in [4.69, 9.17) is 0 Å². The van der Waals surface area contributed by atoms with Crippen LogP contribution < -0.4 is 5.32 Å². The molecule has 3 saturated heterocycles. The van der Waals surface area contributed by atoms with Crippen molar-refractivity contribution in [1.82, 2.24) is 20.0 Å². The number of piperidine rings is 2. The van der Waals surface area contributed by atoms with Crippen molar-refractivity contribution in [2.75, 3.05) is 26.2 Å². The molecule has 1 N–H and O–H groups in total. The Morgan fingerprint density at radius 2 is 1.59 bits per heavy atom. The van der Waals surface area contributed by atoms with Crippen LogP contribution in [0.2, 0.25) is 0 Å². The predicted molar refractivity (Wildman–Crippen MR) is 110 cm³/mol. The van der Waals surface area contributed by atoms with Crippen molar-refractivity contribution >= 4 is 17.8 Å². The molecule has 1 saturated carbocycles. The monoisotopic (exact) mass is 404 g/mol. The lowest BCUT2D eigenvalue weighted by atomic mass is 9.86. The van der Waals surface area contributed by atoms with E-state index >= 15 is 0 Å². The normalized spacial score (nSPS) is 27.1. The lowest BCUT2D eigenvalue weighted by molar-refractivity contribution is -0.139. The van der Waals surface area contributed by atoms with Crippen molar-refractivity contribution in [1.29, 1.82) is 0 Å². The first kappa shape index (κ1) is 20.6. The van der Waals surface area contributed by atoms with Gasteiger partial charge < -0.3 is 15.1 Å². The Bertz CT molecular complexity index is 642. The van der Waals surface area contributed by atoms with Crippen LogP contribution in [-0.2, 0) is 9.59 Å². The van der Waals surface area contributed by atoms with Crippen LogP contribution in [0.15, 0.2) is 0 Å². The maximum atomic E-state index is 13.3. The quantitative estimate of drug-likeness (QED) is 0.733. The molecule has 0 atom stereocenters. The summed E-state index contributed by atoms with van der Waals surface area (Å²) < 4.78 is 0. The third-order valence-corrected chi connectivity index (χ3v) is 7.67. The molecule has 162 valence electrons. The van der Waals surface area contributed by atoms with Gasteiger partial charge in [0, 0.05) is 44.2 Å². The molecule has 1 aliphatic carbocycles. The summed E-state index contributed by atoms with van der Waals surface area (Å²) in [5.74, 6) is 0.437. The van der Waals surface area contributed by atoms with Crippen molar-refractivity contribution < 1.29 is 14.4 Å². The molecule has 0 aromatic carbocycles. The fraction of sp³-hybridized carbons (Fsp3) is 0.864. The molecule has 4 aliphatic rings. The number of rotatable bonds is 3. The molecule has 4 fully saturated rings. The Balaban J connectivity index is 1.34. The molecule has 4 amide bonds. The van der Waals surface area contributed by atoms with Gasteiger partial charge in [0.25, 0.3) is 5.91 Å². The van der Waals surface area contributed by atoms with Gasteiger partial charge in [-0.05, 0) is 52.4 Å². The predicted octanol–water partition coefficient (Wildman–Crippen LogP) is 2.35. The van der Waals surface area contributed by atoms with Gasteiger partial charge in [-0.1, -0.05) is 19.3 Å². The number of carbonyl (C=O) groups is 3. The van der Waals surface area contributed by atoms with E-state index in [1.165, 1.54) is 11.3 Å². The largest absolute Gasteiger partial charge is 0.342 e. The second kappa shape index (κ2) is 8.25. The zero-order valence-electron chi connectivity index (χ0n) is 18.0. The Morgan fingerprint density at radius 3 is 2.17 bits per heavy atom. The van der Waals surface area contributed by atoms with Crippen LogP contribution in [0.4, 0.5) is 4.79 Å². The summed E-state index contributed by atoms with van der Waals surface area (Å²) >= 11 is 0. The summed E-state index contributed by atoms with van der Waals surface area (Å²) in [5.41, 5.74) is -0.711. The minimum absolute atomic E-state index is 0.0389. The van der Waals surface area contributed by atoms with E-state index in [1.54, 1.807) is 0 Å². The fourth-order valence-corrected chi connectivity index (χ4v) is 5.69. The van der Waals surface area contributed by atoms with Gasteiger partial charge in [-0.25, -0.2) is 4.79 Å². The Labute approximate surface area is 174 Å². The van der Waals surface area contributed by atoms with Gasteiger partial charge in [-0.3, -0.25) is 14.5 Å². The van der Waals surface area contributed by atoms with Gasteiger partial charge in [0.15, 0.2) is 0 Å². The lowest BCUT2D eigenvalue weighted by Crippen LogP contribution is -2.56. The first-order valence-corrected chi connectivity index (χ1v) is 11.6. The Kier molecular flexibility index (Phi) is 5.87. The third-order valence-electron chi connectivity index (χ3n) is 7.67. The van der Waals surface area contributed by atoms with E-state index in [2.05, 4.69) is 24.1 Å². The molecule has 0 aromatic heterocycles. The molecule has 1 spiro atoms. The van der Waals surface area contributed by atoms with Crippen molar-refractivity contribution in [2.24, 2.45) is 5.92 Å². The molecule has 3 heterocycles. The molecule has 0 radical (unpaired) electrons. The first-order chi connectivity index (χ1) is 13.9. The van der Waals surface area contributed by atoms with E-state index in [0.717, 1.165) is 38.8 Å². The number of hydrogen-bond donors (Lipinski definition) is 1. The van der Waals surface area contributed by atoms with Crippen LogP contribution in [0, 0.1) is 5.92 Å². The molecular formula is C22H36N4O3. The highest BCUT2D eigenvalue weighted by Crippen LogP contribution is 2.34. The van der Waals surface area contributed by atoms with Crippen LogP contribution in [0.25, 0.3) is 0 Å². The standard InChI is InChI=1S/C22H36N4O3/c1-16(2)24-14-10-22(11-15-24)20(28)26(21(29)23-22)18-8-12-25(13-9-18)19(27)17-6-4-3-5-7-17/h16-18H,3-15H2,1-2H3,(H,23,29). The summed E-state index contributed by atoms with van der Waals surface area (Å²) in [6, 6.07) is 0.146. The van der Waals surface area contributed by atoms with E-state index in [1.807, 2.05) is 4.90 Å². The van der Waals surface area contributed by atoms with Crippen LogP contribution in [0.5, 0.6) is 0 Å². The Morgan fingerprint density at radius 1 is 0.966 bits per heavy atom. The molecule has 0 aromatic rings. The van der Waals surface area contributed by atoms with Gasteiger partial charge in [0.05, 0.1) is 0 Å². The summed E-state index contributed by atoms with van der Waals surface area (Å²) in [7, 11) is 0. The molecule has 7 nitrogen and oxygen atoms in total. The van der Waals surface area contributed by atoms with Crippen LogP contribution in [-0.4, -0.2) is 76.3 Å². The number of imide groups is 1. The highest BCUT2D eigenvalue weighted by Gasteiger charge is 2.54. The number of amides is 4. The molecule has 4 rings (SSSR count). The van der Waals surface area contributed by atoms with E-state index in [-0.39, 0.29) is 29.8 Å². The minimum Gasteiger partial charge on any atom is -0.342 e. The SMILES string of the molecule is CC(C)N1CCC2(CC1)NC(=O)N(C1CCN(C(=O)C3CCCCC3)CC1)C2=O. The summed E-state index contributed by atoms with van der Waals surface area (Å²) in [6.45, 7) is 7.33. The molecular weight excluding hydrogens is 368 g/mol. The third kappa shape index (κ3) is 3.90. The first-order valence-electron chi connectivity index (χ1n) is 11.6. The molecule has 0 bridgehead atoms. The highest BCUT2D eigenvalue weighted by atomic mass is 16.2. The van der Waals surface area contributed by atoms with E-state index in [0.29, 0.717) is 44.8 Å². The van der Waals surface area contributed by atoms with Gasteiger partial charge in [-0.15, -0.1) is 0 Å². The number of nitrogens with zero attached hydrogens (tertiary/aromatic N) is 3. The average Bonchev–Trinajstić information content (AvgIpc) is 2.98. The number of carbonyl (C=O) groups excluding carboxylic acids is 3. The molecule has 0 unspecified atom stereocenters. The minimum atomic E-state index is -0.711. The second-order valence-electron chi connectivity index (χ2n) is 9.71. The zero-order chi connectivity index (χ0) is 20.6. The lowest BCUT2D eigenvalue weighted by Gasteiger charge is -2.40. The fourth-order valence-electron chi connectivity index (χ4n) is 5.69.